The molecular formula is C14H13F2N3O3S. The van der Waals surface area contributed by atoms with Crippen molar-refractivity contribution in [3.05, 3.63) is 46.8 Å². The third kappa shape index (κ3) is 2.72. The molecule has 0 fully saturated rings. The summed E-state index contributed by atoms with van der Waals surface area (Å²) >= 11 is 0. The van der Waals surface area contributed by atoms with E-state index in [1.165, 1.54) is 13.1 Å². The van der Waals surface area contributed by atoms with E-state index in [-0.39, 0.29) is 11.1 Å². The second-order valence-corrected chi connectivity index (χ2v) is 6.94. The predicted molar refractivity (Wildman–Crippen MR) is 76.3 cm³/mol. The standard InChI is InChI=1S/C14H13F2N3O3S/c1-8-5-10(15)13(11(16)6-8)23(21,22)18-14(20)9-7-17-19-4-2-3-12(9)19/h5-7H,2-4H2,1H3,(H,18,20). The van der Waals surface area contributed by atoms with Gasteiger partial charge in [-0.3, -0.25) is 9.48 Å². The van der Waals surface area contributed by atoms with Gasteiger partial charge in [-0.15, -0.1) is 0 Å². The number of benzene rings is 1. The van der Waals surface area contributed by atoms with E-state index in [2.05, 4.69) is 5.10 Å². The summed E-state index contributed by atoms with van der Waals surface area (Å²) in [6, 6.07) is 1.78. The molecule has 6 nitrogen and oxygen atoms in total. The van der Waals surface area contributed by atoms with Gasteiger partial charge >= 0.3 is 0 Å². The molecule has 0 atom stereocenters. The molecule has 0 unspecified atom stereocenters. The summed E-state index contributed by atoms with van der Waals surface area (Å²) in [7, 11) is -4.67. The van der Waals surface area contributed by atoms with Crippen LogP contribution in [0.3, 0.4) is 0 Å². The molecule has 1 aliphatic rings. The Kier molecular flexibility index (Phi) is 3.67. The molecule has 1 aliphatic heterocycles. The lowest BCUT2D eigenvalue weighted by Crippen LogP contribution is -2.32. The Morgan fingerprint density at radius 1 is 1.30 bits per heavy atom. The van der Waals surface area contributed by atoms with Gasteiger partial charge in [0.15, 0.2) is 4.90 Å². The van der Waals surface area contributed by atoms with Crippen molar-refractivity contribution >= 4 is 15.9 Å². The van der Waals surface area contributed by atoms with Gasteiger partial charge in [0.2, 0.25) is 0 Å². The molecule has 23 heavy (non-hydrogen) atoms. The first-order chi connectivity index (χ1) is 10.8. The number of rotatable bonds is 3. The average Bonchev–Trinajstić information content (AvgIpc) is 2.97. The number of sulfonamides is 1. The van der Waals surface area contributed by atoms with Crippen molar-refractivity contribution < 1.29 is 22.0 Å². The molecule has 122 valence electrons. The highest BCUT2D eigenvalue weighted by molar-refractivity contribution is 7.90. The Labute approximate surface area is 131 Å². The normalized spacial score (nSPS) is 13.9. The van der Waals surface area contributed by atoms with Crippen LogP contribution < -0.4 is 4.72 Å². The summed E-state index contributed by atoms with van der Waals surface area (Å²) in [5.74, 6) is -3.45. The average molecular weight is 341 g/mol. The highest BCUT2D eigenvalue weighted by atomic mass is 32.2. The molecule has 2 heterocycles. The molecule has 1 amide bonds. The lowest BCUT2D eigenvalue weighted by molar-refractivity contribution is 0.0980. The molecule has 2 aromatic rings. The van der Waals surface area contributed by atoms with Crippen LogP contribution in [-0.2, 0) is 23.0 Å². The van der Waals surface area contributed by atoms with Crippen molar-refractivity contribution in [3.8, 4) is 0 Å². The van der Waals surface area contributed by atoms with E-state index in [0.717, 1.165) is 18.6 Å². The van der Waals surface area contributed by atoms with Crippen LogP contribution in [0.25, 0.3) is 0 Å². The van der Waals surface area contributed by atoms with E-state index in [1.807, 2.05) is 0 Å². The van der Waals surface area contributed by atoms with Gasteiger partial charge in [0.25, 0.3) is 15.9 Å². The molecule has 1 N–H and O–H groups in total. The number of hydrogen-bond acceptors (Lipinski definition) is 4. The van der Waals surface area contributed by atoms with E-state index in [1.54, 1.807) is 9.40 Å². The third-order valence-corrected chi connectivity index (χ3v) is 5.00. The van der Waals surface area contributed by atoms with Gasteiger partial charge in [0.1, 0.15) is 11.6 Å². The zero-order valence-electron chi connectivity index (χ0n) is 12.1. The molecule has 9 heteroatoms. The predicted octanol–water partition coefficient (Wildman–Crippen LogP) is 1.53. The summed E-state index contributed by atoms with van der Waals surface area (Å²) in [6.07, 6.45) is 2.65. The number of aryl methyl sites for hydroxylation is 2. The van der Waals surface area contributed by atoms with Gasteiger partial charge in [-0.25, -0.2) is 21.9 Å². The summed E-state index contributed by atoms with van der Waals surface area (Å²) < 4.78 is 55.3. The van der Waals surface area contributed by atoms with Crippen LogP contribution in [0, 0.1) is 18.6 Å². The topological polar surface area (TPSA) is 81.1 Å². The largest absolute Gasteiger partial charge is 0.270 e. The van der Waals surface area contributed by atoms with Gasteiger partial charge < -0.3 is 0 Å². The van der Waals surface area contributed by atoms with Gasteiger partial charge in [0, 0.05) is 6.54 Å². The summed E-state index contributed by atoms with van der Waals surface area (Å²) in [5.41, 5.74) is 0.946. The Morgan fingerprint density at radius 2 is 1.96 bits per heavy atom. The Bertz CT molecular complexity index is 883. The van der Waals surface area contributed by atoms with Crippen LogP contribution in [0.1, 0.15) is 28.0 Å². The number of nitrogens with zero attached hydrogens (tertiary/aromatic N) is 2. The minimum Gasteiger partial charge on any atom is -0.269 e. The van der Waals surface area contributed by atoms with Crippen LogP contribution in [0.15, 0.2) is 23.2 Å². The molecule has 0 bridgehead atoms. The Balaban J connectivity index is 1.94. The number of halogens is 2. The SMILES string of the molecule is Cc1cc(F)c(S(=O)(=O)NC(=O)c2cnn3c2CCC3)c(F)c1. The molecule has 0 spiro atoms. The zero-order chi connectivity index (χ0) is 16.8. The fourth-order valence-electron chi connectivity index (χ4n) is 2.62. The van der Waals surface area contributed by atoms with Gasteiger partial charge in [-0.2, -0.15) is 5.10 Å². The molecule has 0 saturated carbocycles. The first-order valence-electron chi connectivity index (χ1n) is 6.87. The summed E-state index contributed by atoms with van der Waals surface area (Å²) in [5, 5.41) is 3.98. The van der Waals surface area contributed by atoms with Crippen molar-refractivity contribution in [1.29, 1.82) is 0 Å². The maximum atomic E-state index is 13.8. The summed E-state index contributed by atoms with van der Waals surface area (Å²) in [4.78, 5) is 11.0. The lowest BCUT2D eigenvalue weighted by atomic mass is 10.2. The minimum atomic E-state index is -4.67. The van der Waals surface area contributed by atoms with E-state index in [9.17, 15) is 22.0 Å². The Morgan fingerprint density at radius 3 is 2.61 bits per heavy atom. The maximum Gasteiger partial charge on any atom is 0.270 e. The van der Waals surface area contributed by atoms with Crippen LogP contribution in [-0.4, -0.2) is 24.1 Å². The fourth-order valence-corrected chi connectivity index (χ4v) is 3.71. The number of nitrogens with one attached hydrogen (secondary N) is 1. The maximum absolute atomic E-state index is 13.8. The van der Waals surface area contributed by atoms with Gasteiger partial charge in [0.05, 0.1) is 17.5 Å². The molecule has 1 aromatic carbocycles. The third-order valence-electron chi connectivity index (χ3n) is 3.62. The lowest BCUT2D eigenvalue weighted by Gasteiger charge is -2.09. The number of hydrogen-bond donors (Lipinski definition) is 1. The molecule has 1 aromatic heterocycles. The van der Waals surface area contributed by atoms with Gasteiger partial charge in [-0.05, 0) is 37.5 Å². The quantitative estimate of drug-likeness (QED) is 0.918. The van der Waals surface area contributed by atoms with Crippen molar-refractivity contribution in [2.45, 2.75) is 31.2 Å². The highest BCUT2D eigenvalue weighted by Gasteiger charge is 2.29. The van der Waals surface area contributed by atoms with E-state index in [0.29, 0.717) is 18.7 Å². The molecular weight excluding hydrogens is 328 g/mol. The number of fused-ring (bicyclic) bond motifs is 1. The van der Waals surface area contributed by atoms with Crippen LogP contribution in [0.5, 0.6) is 0 Å². The first kappa shape index (κ1) is 15.6. The smallest absolute Gasteiger partial charge is 0.269 e. The summed E-state index contributed by atoms with van der Waals surface area (Å²) in [6.45, 7) is 2.08. The highest BCUT2D eigenvalue weighted by Crippen LogP contribution is 2.22. The number of carbonyl (C=O) groups is 1. The van der Waals surface area contributed by atoms with Crippen LogP contribution in [0.2, 0.25) is 0 Å². The molecule has 0 saturated heterocycles. The molecule has 0 radical (unpaired) electrons. The zero-order valence-corrected chi connectivity index (χ0v) is 13.0. The van der Waals surface area contributed by atoms with Gasteiger partial charge in [-0.1, -0.05) is 0 Å². The van der Waals surface area contributed by atoms with Crippen LogP contribution >= 0.6 is 0 Å². The van der Waals surface area contributed by atoms with Crippen molar-refractivity contribution in [2.75, 3.05) is 0 Å². The van der Waals surface area contributed by atoms with E-state index in [4.69, 9.17) is 0 Å². The number of aromatic nitrogens is 2. The van der Waals surface area contributed by atoms with Crippen LogP contribution in [0.4, 0.5) is 8.78 Å². The van der Waals surface area contributed by atoms with Crippen molar-refractivity contribution in [3.63, 3.8) is 0 Å². The van der Waals surface area contributed by atoms with E-state index >= 15 is 0 Å². The minimum absolute atomic E-state index is 0.0963. The van der Waals surface area contributed by atoms with E-state index < -0.39 is 32.5 Å². The number of carbonyl (C=O) groups excluding carboxylic acids is 1. The monoisotopic (exact) mass is 341 g/mol. The molecule has 0 aliphatic carbocycles. The second kappa shape index (κ2) is 5.41. The molecule has 3 rings (SSSR count). The first-order valence-corrected chi connectivity index (χ1v) is 8.35. The second-order valence-electron chi connectivity index (χ2n) is 5.32. The van der Waals surface area contributed by atoms with Crippen molar-refractivity contribution in [1.82, 2.24) is 14.5 Å². The Hall–Kier alpha value is -2.29. The number of amides is 1. The fraction of sp³-hybridized carbons (Fsp3) is 0.286. The van der Waals surface area contributed by atoms with Crippen molar-refractivity contribution in [2.24, 2.45) is 0 Å².